The highest BCUT2D eigenvalue weighted by Gasteiger charge is 2.79. The lowest BCUT2D eigenvalue weighted by Gasteiger charge is -2.67. The second-order valence-corrected chi connectivity index (χ2v) is 18.2. The van der Waals surface area contributed by atoms with E-state index in [1.165, 1.54) is 6.92 Å². The van der Waals surface area contributed by atoms with Crippen LogP contribution in [-0.4, -0.2) is 62.3 Å². The van der Waals surface area contributed by atoms with Gasteiger partial charge in [0.2, 0.25) is 0 Å². The average Bonchev–Trinajstić information content (AvgIpc) is 3.07. The first-order valence-electron chi connectivity index (χ1n) is 13.6. The summed E-state index contributed by atoms with van der Waals surface area (Å²) in [5, 5.41) is 0. The van der Waals surface area contributed by atoms with Crippen molar-refractivity contribution in [3.63, 3.8) is 0 Å². The fourth-order valence-electron chi connectivity index (χ4n) is 8.72. The van der Waals surface area contributed by atoms with Gasteiger partial charge in [-0.05, 0) is 50.0 Å². The molecule has 2 heterocycles. The Hall–Kier alpha value is -1.71. The Morgan fingerprint density at radius 3 is 2.30 bits per heavy atom. The first kappa shape index (κ1) is 26.9. The number of ether oxygens (including phenoxy) is 4. The Labute approximate surface area is 220 Å². The van der Waals surface area contributed by atoms with Gasteiger partial charge in [-0.25, -0.2) is 4.79 Å². The summed E-state index contributed by atoms with van der Waals surface area (Å²) in [6, 6.07) is 0. The highest BCUT2D eigenvalue weighted by atomic mass is 28.4. The summed E-state index contributed by atoms with van der Waals surface area (Å²) in [7, 11) is -2.01. The van der Waals surface area contributed by atoms with Crippen LogP contribution in [0.3, 0.4) is 0 Å². The van der Waals surface area contributed by atoms with E-state index in [9.17, 15) is 14.4 Å². The van der Waals surface area contributed by atoms with Gasteiger partial charge in [-0.1, -0.05) is 34.6 Å². The average molecular weight is 535 g/mol. The topological polar surface area (TPSA) is 97.4 Å². The monoisotopic (exact) mass is 534 g/mol. The van der Waals surface area contributed by atoms with Gasteiger partial charge in [0.05, 0.1) is 18.6 Å². The third kappa shape index (κ3) is 3.35. The molecule has 0 aromatic heterocycles. The van der Waals surface area contributed by atoms with Gasteiger partial charge in [0.1, 0.15) is 11.9 Å². The zero-order valence-corrected chi connectivity index (χ0v) is 24.9. The number of hydrogen-bond donors (Lipinski definition) is 0. The van der Waals surface area contributed by atoms with Crippen molar-refractivity contribution in [1.82, 2.24) is 0 Å². The van der Waals surface area contributed by atoms with Crippen LogP contribution in [0, 0.1) is 28.6 Å². The molecule has 0 amide bonds. The lowest BCUT2D eigenvalue weighted by molar-refractivity contribution is -0.330. The van der Waals surface area contributed by atoms with Crippen molar-refractivity contribution >= 4 is 26.2 Å². The Morgan fingerprint density at radius 1 is 1.11 bits per heavy atom. The summed E-state index contributed by atoms with van der Waals surface area (Å²) in [4.78, 5) is 40.3. The molecule has 2 bridgehead atoms. The molecule has 206 valence electrons. The quantitative estimate of drug-likeness (QED) is 0.289. The summed E-state index contributed by atoms with van der Waals surface area (Å²) in [6.45, 7) is 20.1. The second-order valence-electron chi connectivity index (χ2n) is 13.8. The van der Waals surface area contributed by atoms with Crippen LogP contribution in [0.4, 0.5) is 4.79 Å². The highest BCUT2D eigenvalue weighted by molar-refractivity contribution is 6.69. The molecule has 5 aliphatic rings. The van der Waals surface area contributed by atoms with Gasteiger partial charge >= 0.3 is 12.1 Å². The molecular weight excluding hydrogens is 492 g/mol. The van der Waals surface area contributed by atoms with Gasteiger partial charge in [0, 0.05) is 30.1 Å². The standard InChI is InChI=1S/C28H42O8Si/c1-14-11-19-27(13-32-19,34-17(4)29)21-23-28(35-24(31)33-23)12-18(36-37(8,9)10)15(2)20(25(28,5)6)16(3)22(30)26(14,21)7/h14,16,18-19,21,23H,11-13H2,1-10H3/t14-,16+,18-,19+,21?,23?,26+,27-,28+/m0/s1. The Balaban J connectivity index is 1.81. The number of carbonyl (C=O) groups excluding carboxylic acids is 3. The van der Waals surface area contributed by atoms with Crippen molar-refractivity contribution in [3.05, 3.63) is 11.1 Å². The predicted molar refractivity (Wildman–Crippen MR) is 137 cm³/mol. The summed E-state index contributed by atoms with van der Waals surface area (Å²) in [5.41, 5.74) is -1.82. The number of hydrogen-bond acceptors (Lipinski definition) is 8. The van der Waals surface area contributed by atoms with E-state index in [-0.39, 0.29) is 30.5 Å². The van der Waals surface area contributed by atoms with E-state index in [0.29, 0.717) is 12.8 Å². The maximum atomic E-state index is 14.7. The molecule has 2 aliphatic heterocycles. The van der Waals surface area contributed by atoms with Gasteiger partial charge in [0.15, 0.2) is 25.6 Å². The molecule has 2 unspecified atom stereocenters. The fourth-order valence-corrected chi connectivity index (χ4v) is 9.83. The predicted octanol–water partition coefficient (Wildman–Crippen LogP) is 4.81. The fraction of sp³-hybridized carbons (Fsp3) is 0.821. The third-order valence-electron chi connectivity index (χ3n) is 10.4. The van der Waals surface area contributed by atoms with Crippen molar-refractivity contribution in [1.29, 1.82) is 0 Å². The summed E-state index contributed by atoms with van der Waals surface area (Å²) < 4.78 is 31.2. The van der Waals surface area contributed by atoms with Crippen LogP contribution in [0.2, 0.25) is 19.6 Å². The molecule has 0 radical (unpaired) electrons. The molecule has 37 heavy (non-hydrogen) atoms. The van der Waals surface area contributed by atoms with E-state index in [1.807, 2.05) is 13.8 Å². The number of esters is 1. The van der Waals surface area contributed by atoms with Crippen molar-refractivity contribution in [3.8, 4) is 0 Å². The molecule has 2 saturated heterocycles. The van der Waals surface area contributed by atoms with E-state index in [0.717, 1.165) is 11.1 Å². The lowest BCUT2D eigenvalue weighted by Crippen LogP contribution is -2.79. The molecule has 1 spiro atoms. The third-order valence-corrected chi connectivity index (χ3v) is 11.4. The molecule has 0 aromatic rings. The molecule has 5 rings (SSSR count). The van der Waals surface area contributed by atoms with Gasteiger partial charge in [0.25, 0.3) is 0 Å². The first-order valence-corrected chi connectivity index (χ1v) is 17.0. The Morgan fingerprint density at radius 2 is 1.76 bits per heavy atom. The van der Waals surface area contributed by atoms with E-state index < -0.39 is 60.4 Å². The molecule has 8 nitrogen and oxygen atoms in total. The van der Waals surface area contributed by atoms with E-state index in [1.54, 1.807) is 0 Å². The van der Waals surface area contributed by atoms with Crippen LogP contribution in [-0.2, 0) is 33.0 Å². The SMILES string of the molecule is CC(=O)O[C@@]12CO[C@@H]1C[C@H](C)[C@@]1(C)C(=O)[C@H](C)C3=C(C)[C@@H](O[Si](C)(C)C)C[C@]4(OC(=O)OC4C12)C3(C)C. The minimum absolute atomic E-state index is 0.0782. The van der Waals surface area contributed by atoms with Gasteiger partial charge < -0.3 is 23.4 Å². The van der Waals surface area contributed by atoms with Gasteiger partial charge in [-0.3, -0.25) is 9.59 Å². The van der Waals surface area contributed by atoms with E-state index >= 15 is 0 Å². The zero-order chi connectivity index (χ0) is 27.5. The van der Waals surface area contributed by atoms with Crippen LogP contribution in [0.25, 0.3) is 0 Å². The molecule has 9 heteroatoms. The number of rotatable bonds is 3. The minimum Gasteiger partial charge on any atom is -0.454 e. The Kier molecular flexibility index (Phi) is 5.75. The molecule has 0 N–H and O–H groups in total. The van der Waals surface area contributed by atoms with Crippen molar-refractivity contribution in [2.45, 2.75) is 110 Å². The van der Waals surface area contributed by atoms with Crippen molar-refractivity contribution in [2.75, 3.05) is 6.61 Å². The van der Waals surface area contributed by atoms with E-state index in [2.05, 4.69) is 47.3 Å². The largest absolute Gasteiger partial charge is 0.509 e. The van der Waals surface area contributed by atoms with Crippen molar-refractivity contribution < 1.29 is 37.8 Å². The molecule has 3 aliphatic carbocycles. The summed E-state index contributed by atoms with van der Waals surface area (Å²) in [5.74, 6) is -1.52. The highest BCUT2D eigenvalue weighted by Crippen LogP contribution is 2.68. The number of fused-ring (bicyclic) bond motifs is 5. The minimum atomic E-state index is -2.01. The zero-order valence-electron chi connectivity index (χ0n) is 23.9. The molecule has 4 fully saturated rings. The van der Waals surface area contributed by atoms with Crippen LogP contribution in [0.15, 0.2) is 11.1 Å². The molecule has 0 aromatic carbocycles. The summed E-state index contributed by atoms with van der Waals surface area (Å²) in [6.07, 6.45) is -1.26. The summed E-state index contributed by atoms with van der Waals surface area (Å²) >= 11 is 0. The lowest BCUT2D eigenvalue weighted by atomic mass is 9.42. The normalized spacial score (nSPS) is 46.3. The number of carbonyl (C=O) groups is 3. The van der Waals surface area contributed by atoms with Crippen LogP contribution < -0.4 is 0 Å². The molecular formula is C28H42O8Si. The number of Topliss-reactive ketones (excluding diaryl/α,β-unsaturated/α-hetero) is 1. The van der Waals surface area contributed by atoms with Gasteiger partial charge in [-0.15, -0.1) is 0 Å². The molecule has 2 saturated carbocycles. The molecule has 9 atom stereocenters. The maximum absolute atomic E-state index is 14.7. The van der Waals surface area contributed by atoms with Crippen molar-refractivity contribution in [2.24, 2.45) is 28.6 Å². The van der Waals surface area contributed by atoms with E-state index in [4.69, 9.17) is 23.4 Å². The Bertz CT molecular complexity index is 1090. The first-order chi connectivity index (χ1) is 16.9. The van der Waals surface area contributed by atoms with Crippen LogP contribution in [0.1, 0.15) is 61.3 Å². The maximum Gasteiger partial charge on any atom is 0.509 e. The van der Waals surface area contributed by atoms with Gasteiger partial charge in [-0.2, -0.15) is 0 Å². The van der Waals surface area contributed by atoms with Crippen LogP contribution >= 0.6 is 0 Å². The smallest absolute Gasteiger partial charge is 0.454 e. The van der Waals surface area contributed by atoms with Crippen LogP contribution in [0.5, 0.6) is 0 Å². The number of ketones is 1. The second kappa shape index (κ2) is 7.91.